The van der Waals surface area contributed by atoms with E-state index >= 15 is 0 Å². The van der Waals surface area contributed by atoms with Crippen molar-refractivity contribution in [2.24, 2.45) is 0 Å². The van der Waals surface area contributed by atoms with Crippen LogP contribution in [0.1, 0.15) is 20.8 Å². The SMILES string of the molecule is CC(C=O)OP(=O)(OC(C)CCl)OC(C)CCl. The highest BCUT2D eigenvalue weighted by Crippen LogP contribution is 2.52. The minimum absolute atomic E-state index is 0.126. The van der Waals surface area contributed by atoms with E-state index in [0.29, 0.717) is 6.29 Å². The smallest absolute Gasteiger partial charge is 0.300 e. The first-order chi connectivity index (χ1) is 7.86. The van der Waals surface area contributed by atoms with E-state index in [1.54, 1.807) is 13.8 Å². The molecule has 0 N–H and O–H groups in total. The van der Waals surface area contributed by atoms with Gasteiger partial charge in [0, 0.05) is 11.8 Å². The highest BCUT2D eigenvalue weighted by Gasteiger charge is 2.33. The predicted molar refractivity (Wildman–Crippen MR) is 66.8 cm³/mol. The van der Waals surface area contributed by atoms with Gasteiger partial charge in [0.05, 0.1) is 12.2 Å². The molecule has 0 radical (unpaired) electrons. The van der Waals surface area contributed by atoms with Crippen LogP contribution in [0.5, 0.6) is 0 Å². The first kappa shape index (κ1) is 17.4. The quantitative estimate of drug-likeness (QED) is 0.372. The Hall–Kier alpha value is 0.360. The Bertz CT molecular complexity index is 260. The molecule has 0 rings (SSSR count). The topological polar surface area (TPSA) is 61.8 Å². The van der Waals surface area contributed by atoms with Crippen molar-refractivity contribution in [2.45, 2.75) is 39.1 Å². The van der Waals surface area contributed by atoms with Gasteiger partial charge in [0.25, 0.3) is 0 Å². The third-order valence-electron chi connectivity index (χ3n) is 1.54. The molecule has 102 valence electrons. The van der Waals surface area contributed by atoms with Crippen molar-refractivity contribution in [3.05, 3.63) is 0 Å². The van der Waals surface area contributed by atoms with Gasteiger partial charge in [-0.25, -0.2) is 4.57 Å². The van der Waals surface area contributed by atoms with Gasteiger partial charge in [0.15, 0.2) is 0 Å². The highest BCUT2D eigenvalue weighted by atomic mass is 35.5. The molecule has 0 heterocycles. The predicted octanol–water partition coefficient (Wildman–Crippen LogP) is 2.99. The van der Waals surface area contributed by atoms with Gasteiger partial charge in [-0.2, -0.15) is 0 Å². The maximum Gasteiger partial charge on any atom is 0.476 e. The lowest BCUT2D eigenvalue weighted by molar-refractivity contribution is -0.114. The van der Waals surface area contributed by atoms with Crippen LogP contribution in [0, 0.1) is 0 Å². The summed E-state index contributed by atoms with van der Waals surface area (Å²) < 4.78 is 27.3. The molecule has 0 spiro atoms. The number of carbonyl (C=O) groups excluding carboxylic acids is 1. The Kier molecular flexibility index (Phi) is 8.64. The van der Waals surface area contributed by atoms with Crippen molar-refractivity contribution in [2.75, 3.05) is 11.8 Å². The van der Waals surface area contributed by atoms with E-state index < -0.39 is 26.1 Å². The number of rotatable bonds is 9. The molecule has 3 atom stereocenters. The van der Waals surface area contributed by atoms with E-state index in [-0.39, 0.29) is 11.8 Å². The Morgan fingerprint density at radius 1 is 1.06 bits per heavy atom. The standard InChI is InChI=1S/C9H17Cl2O5P/c1-7(4-10)14-17(13,15-8(2)5-11)16-9(3)6-12/h6-9H,4-5H2,1-3H3. The van der Waals surface area contributed by atoms with Gasteiger partial charge in [-0.15, -0.1) is 23.2 Å². The number of halogens is 2. The van der Waals surface area contributed by atoms with Crippen LogP contribution in [0.15, 0.2) is 0 Å². The van der Waals surface area contributed by atoms with E-state index in [9.17, 15) is 9.36 Å². The lowest BCUT2D eigenvalue weighted by Gasteiger charge is -2.24. The first-order valence-electron chi connectivity index (χ1n) is 5.09. The second-order valence-corrected chi connectivity index (χ2v) is 5.68. The number of aldehydes is 1. The summed E-state index contributed by atoms with van der Waals surface area (Å²) in [6, 6.07) is 0. The average molecular weight is 307 g/mol. The molecule has 3 unspecified atom stereocenters. The van der Waals surface area contributed by atoms with Crippen LogP contribution < -0.4 is 0 Å². The van der Waals surface area contributed by atoms with Crippen molar-refractivity contribution in [1.29, 1.82) is 0 Å². The third kappa shape index (κ3) is 7.39. The summed E-state index contributed by atoms with van der Waals surface area (Å²) in [5, 5.41) is 0. The van der Waals surface area contributed by atoms with Gasteiger partial charge in [0.1, 0.15) is 12.4 Å². The second-order valence-electron chi connectivity index (χ2n) is 3.53. The number of hydrogen-bond donors (Lipinski definition) is 0. The largest absolute Gasteiger partial charge is 0.476 e. The lowest BCUT2D eigenvalue weighted by atomic mass is 10.5. The number of phosphoric acid groups is 1. The molecule has 0 aliphatic heterocycles. The maximum atomic E-state index is 12.2. The van der Waals surface area contributed by atoms with Crippen LogP contribution >= 0.6 is 31.0 Å². The van der Waals surface area contributed by atoms with Crippen LogP contribution in [0.25, 0.3) is 0 Å². The van der Waals surface area contributed by atoms with Crippen molar-refractivity contribution in [1.82, 2.24) is 0 Å². The number of hydrogen-bond acceptors (Lipinski definition) is 5. The molecule has 0 fully saturated rings. The summed E-state index contributed by atoms with van der Waals surface area (Å²) in [6.45, 7) is 4.66. The zero-order valence-electron chi connectivity index (χ0n) is 9.97. The number of phosphoric ester groups is 1. The molecule has 8 heteroatoms. The van der Waals surface area contributed by atoms with Crippen molar-refractivity contribution >= 4 is 37.3 Å². The lowest BCUT2D eigenvalue weighted by Crippen LogP contribution is -2.19. The molecule has 0 aliphatic rings. The first-order valence-corrected chi connectivity index (χ1v) is 7.62. The van der Waals surface area contributed by atoms with Gasteiger partial charge in [-0.05, 0) is 20.8 Å². The molecule has 0 aliphatic carbocycles. The molecule has 0 amide bonds. The van der Waals surface area contributed by atoms with Crippen LogP contribution in [-0.4, -0.2) is 36.4 Å². The summed E-state index contributed by atoms with van der Waals surface area (Å²) in [5.74, 6) is 0.253. The Morgan fingerprint density at radius 3 is 1.76 bits per heavy atom. The van der Waals surface area contributed by atoms with Crippen LogP contribution in [0.4, 0.5) is 0 Å². The number of alkyl halides is 2. The molecule has 0 saturated heterocycles. The van der Waals surface area contributed by atoms with Gasteiger partial charge in [-0.1, -0.05) is 0 Å². The fraction of sp³-hybridized carbons (Fsp3) is 0.889. The van der Waals surface area contributed by atoms with Crippen LogP contribution in [-0.2, 0) is 22.9 Å². The van der Waals surface area contributed by atoms with E-state index in [1.807, 2.05) is 0 Å². The average Bonchev–Trinajstić information content (AvgIpc) is 2.27. The number of carbonyl (C=O) groups is 1. The van der Waals surface area contributed by atoms with Crippen molar-refractivity contribution in [3.8, 4) is 0 Å². The van der Waals surface area contributed by atoms with Crippen molar-refractivity contribution in [3.63, 3.8) is 0 Å². The molecule has 0 aromatic carbocycles. The minimum Gasteiger partial charge on any atom is -0.300 e. The van der Waals surface area contributed by atoms with Gasteiger partial charge >= 0.3 is 7.82 Å². The van der Waals surface area contributed by atoms with E-state index in [1.165, 1.54) is 6.92 Å². The molecule has 0 aromatic rings. The van der Waals surface area contributed by atoms with Gasteiger partial charge in [-0.3, -0.25) is 13.6 Å². The molecule has 0 aromatic heterocycles. The zero-order chi connectivity index (χ0) is 13.5. The normalized spacial score (nSPS) is 20.3. The third-order valence-corrected chi connectivity index (χ3v) is 4.24. The summed E-state index contributed by atoms with van der Waals surface area (Å²) in [7, 11) is -3.84. The fourth-order valence-corrected chi connectivity index (χ4v) is 2.74. The summed E-state index contributed by atoms with van der Waals surface area (Å²) in [6.07, 6.45) is -1.45. The van der Waals surface area contributed by atoms with E-state index in [2.05, 4.69) is 0 Å². The fourth-order valence-electron chi connectivity index (χ4n) is 0.800. The zero-order valence-corrected chi connectivity index (χ0v) is 12.4. The second kappa shape index (κ2) is 8.46. The minimum atomic E-state index is -3.84. The van der Waals surface area contributed by atoms with E-state index in [4.69, 9.17) is 36.8 Å². The summed E-state index contributed by atoms with van der Waals surface area (Å²) in [5.41, 5.74) is 0. The highest BCUT2D eigenvalue weighted by molar-refractivity contribution is 7.48. The molecule has 0 saturated carbocycles. The monoisotopic (exact) mass is 306 g/mol. The Labute approximate surface area is 111 Å². The van der Waals surface area contributed by atoms with Gasteiger partial charge < -0.3 is 4.79 Å². The summed E-state index contributed by atoms with van der Waals surface area (Å²) in [4.78, 5) is 10.5. The molecule has 17 heavy (non-hydrogen) atoms. The Morgan fingerprint density at radius 2 is 1.47 bits per heavy atom. The van der Waals surface area contributed by atoms with Gasteiger partial charge in [0.2, 0.25) is 0 Å². The van der Waals surface area contributed by atoms with Crippen molar-refractivity contribution < 1.29 is 22.9 Å². The van der Waals surface area contributed by atoms with E-state index in [0.717, 1.165) is 0 Å². The molecule has 0 bridgehead atoms. The maximum absolute atomic E-state index is 12.2. The summed E-state index contributed by atoms with van der Waals surface area (Å²) >= 11 is 11.1. The molecular weight excluding hydrogens is 290 g/mol. The van der Waals surface area contributed by atoms with Crippen LogP contribution in [0.3, 0.4) is 0 Å². The molecular formula is C9H17Cl2O5P. The molecule has 5 nitrogen and oxygen atoms in total. The Balaban J connectivity index is 4.67. The van der Waals surface area contributed by atoms with Crippen LogP contribution in [0.2, 0.25) is 0 Å².